The van der Waals surface area contributed by atoms with Gasteiger partial charge in [-0.15, -0.1) is 11.6 Å². The number of ether oxygens (including phenoxy) is 1. The Morgan fingerprint density at radius 2 is 1.15 bits per heavy atom. The largest absolute Gasteiger partial charge is 0.448 e. The molecule has 26 heavy (non-hydrogen) atoms. The molecular weight excluding hydrogens is 348 g/mol. The van der Waals surface area contributed by atoms with E-state index in [1.807, 2.05) is 24.3 Å². The maximum atomic E-state index is 13.0. The van der Waals surface area contributed by atoms with E-state index < -0.39 is 17.5 Å². The Bertz CT molecular complexity index is 864. The van der Waals surface area contributed by atoms with Crippen LogP contribution in [-0.2, 0) is 4.74 Å². The molecule has 0 fully saturated rings. The molecule has 0 saturated carbocycles. The van der Waals surface area contributed by atoms with Gasteiger partial charge < -0.3 is 4.74 Å². The summed E-state index contributed by atoms with van der Waals surface area (Å²) in [7, 11) is 0. The van der Waals surface area contributed by atoms with Gasteiger partial charge in [-0.1, -0.05) is 78.9 Å². The molecule has 2 atom stereocenters. The van der Waals surface area contributed by atoms with E-state index in [0.29, 0.717) is 16.7 Å². The van der Waals surface area contributed by atoms with Crippen molar-refractivity contribution >= 4 is 23.4 Å². The van der Waals surface area contributed by atoms with Gasteiger partial charge in [0.15, 0.2) is 6.10 Å². The fourth-order valence-corrected chi connectivity index (χ4v) is 2.89. The summed E-state index contributed by atoms with van der Waals surface area (Å²) in [6.45, 7) is 0. The highest BCUT2D eigenvalue weighted by molar-refractivity contribution is 6.24. The van der Waals surface area contributed by atoms with E-state index in [2.05, 4.69) is 0 Å². The van der Waals surface area contributed by atoms with Gasteiger partial charge in [-0.05, 0) is 17.7 Å². The summed E-state index contributed by atoms with van der Waals surface area (Å²) in [6.07, 6.45) is -1.13. The summed E-state index contributed by atoms with van der Waals surface area (Å²) >= 11 is 6.55. The molecule has 0 heterocycles. The number of ketones is 1. The third-order valence-corrected chi connectivity index (χ3v) is 4.42. The van der Waals surface area contributed by atoms with Crippen LogP contribution in [0.4, 0.5) is 0 Å². The number of hydrogen-bond donors (Lipinski definition) is 0. The fourth-order valence-electron chi connectivity index (χ4n) is 2.58. The molecule has 3 aromatic carbocycles. The number of halogens is 1. The maximum Gasteiger partial charge on any atom is 0.338 e. The van der Waals surface area contributed by atoms with Crippen molar-refractivity contribution in [1.82, 2.24) is 0 Å². The Balaban J connectivity index is 1.91. The molecule has 0 amide bonds. The lowest BCUT2D eigenvalue weighted by Gasteiger charge is -2.22. The van der Waals surface area contributed by atoms with Crippen molar-refractivity contribution in [3.8, 4) is 0 Å². The van der Waals surface area contributed by atoms with Gasteiger partial charge in [0.05, 0.1) is 5.56 Å². The average molecular weight is 365 g/mol. The van der Waals surface area contributed by atoms with Gasteiger partial charge in [0.1, 0.15) is 5.38 Å². The zero-order valence-electron chi connectivity index (χ0n) is 13.9. The van der Waals surface area contributed by atoms with Crippen LogP contribution in [0.3, 0.4) is 0 Å². The van der Waals surface area contributed by atoms with Gasteiger partial charge in [-0.2, -0.15) is 0 Å². The quantitative estimate of drug-likeness (QED) is 0.348. The van der Waals surface area contributed by atoms with Gasteiger partial charge in [-0.3, -0.25) is 4.79 Å². The van der Waals surface area contributed by atoms with E-state index in [1.165, 1.54) is 0 Å². The summed E-state index contributed by atoms with van der Waals surface area (Å²) < 4.78 is 5.55. The predicted octanol–water partition coefficient (Wildman–Crippen LogP) is 5.08. The predicted molar refractivity (Wildman–Crippen MR) is 101 cm³/mol. The zero-order chi connectivity index (χ0) is 18.4. The third kappa shape index (κ3) is 4.19. The maximum absolute atomic E-state index is 13.0. The van der Waals surface area contributed by atoms with Crippen molar-refractivity contribution < 1.29 is 14.3 Å². The lowest BCUT2D eigenvalue weighted by Crippen LogP contribution is -2.31. The molecule has 0 N–H and O–H groups in total. The van der Waals surface area contributed by atoms with E-state index in [4.69, 9.17) is 16.3 Å². The number of benzene rings is 3. The van der Waals surface area contributed by atoms with Crippen molar-refractivity contribution in [2.24, 2.45) is 0 Å². The van der Waals surface area contributed by atoms with E-state index in [1.54, 1.807) is 66.7 Å². The van der Waals surface area contributed by atoms with Gasteiger partial charge in [-0.25, -0.2) is 4.79 Å². The van der Waals surface area contributed by atoms with Crippen molar-refractivity contribution in [1.29, 1.82) is 0 Å². The molecule has 3 nitrogen and oxygen atoms in total. The first kappa shape index (κ1) is 17.9. The first-order chi connectivity index (χ1) is 12.7. The third-order valence-electron chi connectivity index (χ3n) is 3.94. The van der Waals surface area contributed by atoms with Gasteiger partial charge in [0, 0.05) is 5.56 Å². The summed E-state index contributed by atoms with van der Waals surface area (Å²) in [6, 6.07) is 26.4. The molecule has 0 spiro atoms. The average Bonchev–Trinajstić information content (AvgIpc) is 2.73. The number of hydrogen-bond acceptors (Lipinski definition) is 3. The van der Waals surface area contributed by atoms with E-state index in [0.717, 1.165) is 0 Å². The molecule has 2 unspecified atom stereocenters. The second kappa shape index (κ2) is 8.45. The van der Waals surface area contributed by atoms with Crippen molar-refractivity contribution in [3.05, 3.63) is 108 Å². The Labute approximate surface area is 157 Å². The van der Waals surface area contributed by atoms with Crippen LogP contribution in [-0.4, -0.2) is 17.9 Å². The first-order valence-electron chi connectivity index (χ1n) is 8.21. The second-order valence-corrected chi connectivity index (χ2v) is 6.20. The monoisotopic (exact) mass is 364 g/mol. The lowest BCUT2D eigenvalue weighted by atomic mass is 9.99. The molecular formula is C22H17ClO3. The fraction of sp³-hybridized carbons (Fsp3) is 0.0909. The molecule has 0 aliphatic heterocycles. The van der Waals surface area contributed by atoms with Crippen molar-refractivity contribution in [3.63, 3.8) is 0 Å². The highest BCUT2D eigenvalue weighted by Crippen LogP contribution is 2.29. The SMILES string of the molecule is O=C(OC(C(=O)c1ccccc1)C(Cl)c1ccccc1)c1ccccc1. The minimum atomic E-state index is -1.13. The Morgan fingerprint density at radius 1 is 0.692 bits per heavy atom. The van der Waals surface area contributed by atoms with Crippen LogP contribution >= 0.6 is 11.6 Å². The van der Waals surface area contributed by atoms with E-state index in [9.17, 15) is 9.59 Å². The number of Topliss-reactive ketones (excluding diaryl/α,β-unsaturated/α-hetero) is 1. The molecule has 0 radical (unpaired) electrons. The van der Waals surface area contributed by atoms with E-state index >= 15 is 0 Å². The Kier molecular flexibility index (Phi) is 5.82. The lowest BCUT2D eigenvalue weighted by molar-refractivity contribution is 0.0275. The van der Waals surface area contributed by atoms with Crippen LogP contribution in [0.15, 0.2) is 91.0 Å². The Hall–Kier alpha value is -2.91. The molecule has 0 aliphatic carbocycles. The molecule has 4 heteroatoms. The van der Waals surface area contributed by atoms with Crippen LogP contribution in [0.2, 0.25) is 0 Å². The normalized spacial score (nSPS) is 12.8. The highest BCUT2D eigenvalue weighted by atomic mass is 35.5. The number of carbonyl (C=O) groups excluding carboxylic acids is 2. The van der Waals surface area contributed by atoms with Crippen LogP contribution in [0.5, 0.6) is 0 Å². The standard InChI is InChI=1S/C22H17ClO3/c23-19(16-10-4-1-5-11-16)21(20(24)17-12-6-2-7-13-17)26-22(25)18-14-8-3-9-15-18/h1-15,19,21H. The molecule has 3 rings (SSSR count). The number of esters is 1. The molecule has 0 aliphatic rings. The molecule has 0 saturated heterocycles. The smallest absolute Gasteiger partial charge is 0.338 e. The molecule has 0 bridgehead atoms. The van der Waals surface area contributed by atoms with Crippen molar-refractivity contribution in [2.45, 2.75) is 11.5 Å². The van der Waals surface area contributed by atoms with Gasteiger partial charge in [0.25, 0.3) is 0 Å². The summed E-state index contributed by atoms with van der Waals surface area (Å²) in [4.78, 5) is 25.5. The van der Waals surface area contributed by atoms with Crippen LogP contribution in [0.25, 0.3) is 0 Å². The van der Waals surface area contributed by atoms with Crippen molar-refractivity contribution in [2.75, 3.05) is 0 Å². The molecule has 0 aromatic heterocycles. The second-order valence-electron chi connectivity index (χ2n) is 5.73. The summed E-state index contributed by atoms with van der Waals surface area (Å²) in [5, 5.41) is -0.795. The molecule has 3 aromatic rings. The van der Waals surface area contributed by atoms with Crippen LogP contribution < -0.4 is 0 Å². The first-order valence-corrected chi connectivity index (χ1v) is 8.65. The molecule has 130 valence electrons. The zero-order valence-corrected chi connectivity index (χ0v) is 14.7. The number of alkyl halides is 1. The summed E-state index contributed by atoms with van der Waals surface area (Å²) in [5.41, 5.74) is 1.53. The Morgan fingerprint density at radius 3 is 1.69 bits per heavy atom. The topological polar surface area (TPSA) is 43.4 Å². The number of carbonyl (C=O) groups is 2. The minimum absolute atomic E-state index is 0.335. The van der Waals surface area contributed by atoms with Crippen LogP contribution in [0, 0.1) is 0 Å². The van der Waals surface area contributed by atoms with Crippen LogP contribution in [0.1, 0.15) is 31.7 Å². The van der Waals surface area contributed by atoms with E-state index in [-0.39, 0.29) is 5.78 Å². The minimum Gasteiger partial charge on any atom is -0.448 e. The van der Waals surface area contributed by atoms with Gasteiger partial charge >= 0.3 is 5.97 Å². The summed E-state index contributed by atoms with van der Waals surface area (Å²) in [5.74, 6) is -0.916. The number of rotatable bonds is 6. The van der Waals surface area contributed by atoms with Gasteiger partial charge in [0.2, 0.25) is 5.78 Å². The highest BCUT2D eigenvalue weighted by Gasteiger charge is 2.32.